The third kappa shape index (κ3) is 5.78. The van der Waals surface area contributed by atoms with Crippen LogP contribution in [0.4, 0.5) is 17.1 Å². The van der Waals surface area contributed by atoms with E-state index in [4.69, 9.17) is 0 Å². The molecule has 1 aromatic heterocycles. The smallest absolute Gasteiger partial charge is 0.0468 e. The van der Waals surface area contributed by atoms with Gasteiger partial charge in [0.15, 0.2) is 0 Å². The highest BCUT2D eigenvalue weighted by atomic mass is 15.1. The molecule has 0 atom stereocenters. The Morgan fingerprint density at radius 2 is 1.11 bits per heavy atom. The normalized spacial score (nSPS) is 16.2. The zero-order chi connectivity index (χ0) is 38.9. The molecule has 2 aliphatic rings. The van der Waals surface area contributed by atoms with Crippen LogP contribution >= 0.6 is 0 Å². The molecule has 0 spiro atoms. The van der Waals surface area contributed by atoms with Crippen LogP contribution in [0.15, 0.2) is 188 Å². The quantitative estimate of drug-likeness (QED) is 0.187. The van der Waals surface area contributed by atoms with Gasteiger partial charge in [-0.25, -0.2) is 0 Å². The second-order valence-corrected chi connectivity index (χ2v) is 16.8. The number of H-pyrrole nitrogens is 1. The van der Waals surface area contributed by atoms with E-state index in [-0.39, 0.29) is 10.8 Å². The van der Waals surface area contributed by atoms with E-state index in [9.17, 15) is 0 Å². The highest BCUT2D eigenvalue weighted by Gasteiger charge is 2.36. The summed E-state index contributed by atoms with van der Waals surface area (Å²) in [6, 6.07) is 56.1. The largest absolute Gasteiger partial charge is 0.355 e. The van der Waals surface area contributed by atoms with Crippen molar-refractivity contribution < 1.29 is 0 Å². The third-order valence-electron chi connectivity index (χ3n) is 12.7. The van der Waals surface area contributed by atoms with E-state index >= 15 is 0 Å². The fraction of sp³-hybridized carbons (Fsp3) is 0.127. The van der Waals surface area contributed by atoms with E-state index in [0.29, 0.717) is 0 Å². The first-order chi connectivity index (χ1) is 27.7. The first kappa shape index (κ1) is 34.8. The lowest BCUT2D eigenvalue weighted by Gasteiger charge is -2.28. The van der Waals surface area contributed by atoms with Crippen molar-refractivity contribution in [3.63, 3.8) is 0 Å². The molecular weight excluding hydrogens is 689 g/mol. The molecule has 0 fully saturated rings. The molecule has 2 nitrogen and oxygen atoms in total. The van der Waals surface area contributed by atoms with Gasteiger partial charge in [0.05, 0.1) is 0 Å². The van der Waals surface area contributed by atoms with Crippen LogP contribution in [0.3, 0.4) is 0 Å². The summed E-state index contributed by atoms with van der Waals surface area (Å²) < 4.78 is 0. The summed E-state index contributed by atoms with van der Waals surface area (Å²) in [5, 5.41) is 2.51. The van der Waals surface area contributed by atoms with E-state index < -0.39 is 0 Å². The number of aromatic nitrogens is 1. The molecular formula is C55H46N2. The van der Waals surface area contributed by atoms with Gasteiger partial charge in [0, 0.05) is 49.7 Å². The van der Waals surface area contributed by atoms with Gasteiger partial charge in [0.2, 0.25) is 0 Å². The van der Waals surface area contributed by atoms with E-state index in [1.165, 1.54) is 71.9 Å². The van der Waals surface area contributed by atoms with Gasteiger partial charge in [-0.2, -0.15) is 0 Å². The van der Waals surface area contributed by atoms with Crippen LogP contribution in [0.1, 0.15) is 49.9 Å². The Balaban J connectivity index is 1.05. The molecule has 276 valence electrons. The second-order valence-electron chi connectivity index (χ2n) is 16.8. The van der Waals surface area contributed by atoms with E-state index in [1.807, 2.05) is 0 Å². The fourth-order valence-corrected chi connectivity index (χ4v) is 9.26. The molecule has 0 aliphatic heterocycles. The Morgan fingerprint density at radius 3 is 1.86 bits per heavy atom. The molecule has 2 aliphatic carbocycles. The third-order valence-corrected chi connectivity index (χ3v) is 12.7. The number of nitrogens with one attached hydrogen (secondary N) is 1. The molecule has 1 N–H and O–H groups in total. The maximum atomic E-state index is 4.44. The molecule has 0 bridgehead atoms. The number of benzene rings is 7. The molecule has 7 aromatic carbocycles. The van der Waals surface area contributed by atoms with Gasteiger partial charge < -0.3 is 9.88 Å². The number of hydrogen-bond donors (Lipinski definition) is 1. The molecule has 8 aromatic rings. The average molecular weight is 735 g/mol. The van der Waals surface area contributed by atoms with Crippen LogP contribution in [-0.2, 0) is 17.3 Å². The van der Waals surface area contributed by atoms with Crippen molar-refractivity contribution in [2.75, 3.05) is 4.90 Å². The van der Waals surface area contributed by atoms with E-state index in [2.05, 4.69) is 220 Å². The van der Waals surface area contributed by atoms with Crippen LogP contribution in [0.2, 0.25) is 0 Å². The number of fused-ring (bicyclic) bond motifs is 7. The second kappa shape index (κ2) is 13.2. The predicted molar refractivity (Wildman–Crippen MR) is 243 cm³/mol. The zero-order valence-electron chi connectivity index (χ0n) is 33.1. The van der Waals surface area contributed by atoms with Crippen LogP contribution in [-0.4, -0.2) is 4.98 Å². The Labute approximate surface area is 336 Å². The van der Waals surface area contributed by atoms with Gasteiger partial charge >= 0.3 is 0 Å². The van der Waals surface area contributed by atoms with Crippen molar-refractivity contribution in [1.82, 2.24) is 4.98 Å². The van der Waals surface area contributed by atoms with Crippen LogP contribution in [0.5, 0.6) is 0 Å². The van der Waals surface area contributed by atoms with Crippen molar-refractivity contribution in [3.05, 3.63) is 210 Å². The Hall–Kier alpha value is -6.64. The number of anilines is 3. The van der Waals surface area contributed by atoms with Crippen molar-refractivity contribution >= 4 is 38.9 Å². The molecule has 0 saturated heterocycles. The van der Waals surface area contributed by atoms with Crippen molar-refractivity contribution in [2.24, 2.45) is 0 Å². The summed E-state index contributed by atoms with van der Waals surface area (Å²) >= 11 is 0. The monoisotopic (exact) mass is 734 g/mol. The van der Waals surface area contributed by atoms with Gasteiger partial charge in [-0.05, 0) is 128 Å². The average Bonchev–Trinajstić information content (AvgIpc) is 3.72. The summed E-state index contributed by atoms with van der Waals surface area (Å²) in [7, 11) is 0. The maximum absolute atomic E-state index is 4.44. The molecule has 57 heavy (non-hydrogen) atoms. The number of allylic oxidation sites excluding steroid dienone is 5. The number of nitrogens with zero attached hydrogens (tertiary/aromatic N) is 1. The lowest BCUT2D eigenvalue weighted by atomic mass is 9.75. The van der Waals surface area contributed by atoms with Crippen LogP contribution in [0.25, 0.3) is 55.2 Å². The summed E-state index contributed by atoms with van der Waals surface area (Å²) in [4.78, 5) is 6.14. The van der Waals surface area contributed by atoms with Crippen molar-refractivity contribution in [3.8, 4) is 33.4 Å². The SMILES string of the molecule is C=C1/C=C\C=C/Cc2cc3c(cc2C1(C)C)[nH]c1ccc(-c2ccc(N(c4ccc(-c5ccccc5)cc4)c4ccc5c(c4)C(C)(C)c4ccccc4-5)cc2)cc13. The number of rotatable bonds is 5. The lowest BCUT2D eigenvalue weighted by molar-refractivity contribution is 0.636. The van der Waals surface area contributed by atoms with E-state index in [0.717, 1.165) is 34.6 Å². The predicted octanol–water partition coefficient (Wildman–Crippen LogP) is 14.9. The molecule has 0 amide bonds. The molecule has 1 heterocycles. The number of aromatic amines is 1. The summed E-state index contributed by atoms with van der Waals surface area (Å²) in [6.45, 7) is 13.7. The van der Waals surface area contributed by atoms with Gasteiger partial charge in [-0.3, -0.25) is 0 Å². The molecule has 0 radical (unpaired) electrons. The maximum Gasteiger partial charge on any atom is 0.0468 e. The summed E-state index contributed by atoms with van der Waals surface area (Å²) in [5.41, 5.74) is 19.5. The molecule has 0 unspecified atom stereocenters. The van der Waals surface area contributed by atoms with Gasteiger partial charge in [0.25, 0.3) is 0 Å². The van der Waals surface area contributed by atoms with Crippen LogP contribution in [0, 0.1) is 0 Å². The van der Waals surface area contributed by atoms with Crippen molar-refractivity contribution in [1.29, 1.82) is 0 Å². The van der Waals surface area contributed by atoms with Gasteiger partial charge in [-0.15, -0.1) is 0 Å². The minimum absolute atomic E-state index is 0.0918. The summed E-state index contributed by atoms with van der Waals surface area (Å²) in [6.07, 6.45) is 9.54. The first-order valence-corrected chi connectivity index (χ1v) is 20.1. The number of hydrogen-bond acceptors (Lipinski definition) is 1. The lowest BCUT2D eigenvalue weighted by Crippen LogP contribution is -2.20. The molecule has 0 saturated carbocycles. The minimum Gasteiger partial charge on any atom is -0.355 e. The van der Waals surface area contributed by atoms with Gasteiger partial charge in [-0.1, -0.05) is 150 Å². The minimum atomic E-state index is -0.172. The highest BCUT2D eigenvalue weighted by molar-refractivity contribution is 6.09. The Kier molecular flexibility index (Phi) is 8.09. The van der Waals surface area contributed by atoms with E-state index in [1.54, 1.807) is 0 Å². The Morgan fingerprint density at radius 1 is 0.491 bits per heavy atom. The molecule has 2 heteroatoms. The standard InChI is InChI=1S/C55H46N2/c1-36-14-8-6-11-17-41-33-48-47-32-40(24-31-52(47)56-53(48)35-50(41)54(36,2)3)39-22-27-43(28-23-39)57(42-25-20-38(21-26-42)37-15-9-7-10-16-37)44-29-30-46-45-18-12-13-19-49(45)55(4,5)51(46)34-44/h6-16,18-35,56H,1,17H2,2-5H3/b11-6-,14-8-. The zero-order valence-corrected chi connectivity index (χ0v) is 33.1. The molecule has 10 rings (SSSR count). The fourth-order valence-electron chi connectivity index (χ4n) is 9.26. The van der Waals surface area contributed by atoms with Crippen LogP contribution < -0.4 is 4.90 Å². The van der Waals surface area contributed by atoms with Crippen molar-refractivity contribution in [2.45, 2.75) is 44.9 Å². The first-order valence-electron chi connectivity index (χ1n) is 20.1. The Bertz CT molecular complexity index is 2920. The topological polar surface area (TPSA) is 19.0 Å². The summed E-state index contributed by atoms with van der Waals surface area (Å²) in [5.74, 6) is 0. The van der Waals surface area contributed by atoms with Gasteiger partial charge in [0.1, 0.15) is 0 Å². The highest BCUT2D eigenvalue weighted by Crippen LogP contribution is 2.51.